The fourth-order valence-corrected chi connectivity index (χ4v) is 4.10. The van der Waals surface area contributed by atoms with Crippen LogP contribution in [-0.4, -0.2) is 50.9 Å². The van der Waals surface area contributed by atoms with Gasteiger partial charge < -0.3 is 15.5 Å². The lowest BCUT2D eigenvalue weighted by atomic mass is 9.91. The molecule has 0 aromatic carbocycles. The number of hydrogen-bond acceptors (Lipinski definition) is 7. The molecule has 3 aromatic rings. The smallest absolute Gasteiger partial charge is 0.257 e. The van der Waals surface area contributed by atoms with Gasteiger partial charge in [0.15, 0.2) is 0 Å². The number of allylic oxidation sites excluding steroid dienone is 3. The highest BCUT2D eigenvalue weighted by molar-refractivity contribution is 5.96. The van der Waals surface area contributed by atoms with E-state index in [1.807, 2.05) is 31.2 Å². The Kier molecular flexibility index (Phi) is 8.17. The number of carbonyl (C=O) groups excluding carboxylic acids is 1. The molecule has 1 unspecified atom stereocenters. The van der Waals surface area contributed by atoms with E-state index in [1.54, 1.807) is 30.9 Å². The average Bonchev–Trinajstić information content (AvgIpc) is 2.91. The van der Waals surface area contributed by atoms with Gasteiger partial charge in [-0.15, -0.1) is 0 Å². The molecule has 8 heteroatoms. The third-order valence-electron chi connectivity index (χ3n) is 6.42. The fraction of sp³-hybridized carbons (Fsp3) is 0.321. The molecule has 0 spiro atoms. The zero-order chi connectivity index (χ0) is 25.5. The molecule has 0 bridgehead atoms. The summed E-state index contributed by atoms with van der Waals surface area (Å²) in [6, 6.07) is 7.42. The monoisotopic (exact) mass is 483 g/mol. The van der Waals surface area contributed by atoms with Gasteiger partial charge in [-0.25, -0.2) is 9.97 Å². The summed E-state index contributed by atoms with van der Waals surface area (Å²) in [7, 11) is 2.14. The first-order chi connectivity index (χ1) is 17.4. The lowest BCUT2D eigenvalue weighted by molar-refractivity contribution is 0.0964. The highest BCUT2D eigenvalue weighted by atomic mass is 16.1. The predicted octanol–water partition coefficient (Wildman–Crippen LogP) is 4.91. The van der Waals surface area contributed by atoms with Gasteiger partial charge in [-0.05, 0) is 69.6 Å². The Labute approximate surface area is 212 Å². The number of nitrogens with zero attached hydrogens (tertiary/aromatic N) is 5. The molecule has 2 N–H and O–H groups in total. The molecule has 0 saturated heterocycles. The summed E-state index contributed by atoms with van der Waals surface area (Å²) in [5.41, 5.74) is 5.90. The fourth-order valence-electron chi connectivity index (χ4n) is 4.10. The van der Waals surface area contributed by atoms with Crippen LogP contribution in [0.5, 0.6) is 0 Å². The SMILES string of the molecule is CCN(C)CC(C)C1=CC=C(NC(=O)c2cnc(C)c(Nc3nccc(-c4cccnc4)n3)c2)CC1. The third-order valence-corrected chi connectivity index (χ3v) is 6.42. The van der Waals surface area contributed by atoms with Crippen LogP contribution in [-0.2, 0) is 0 Å². The van der Waals surface area contributed by atoms with Gasteiger partial charge in [-0.1, -0.05) is 25.5 Å². The van der Waals surface area contributed by atoms with Gasteiger partial charge in [0, 0.05) is 42.6 Å². The van der Waals surface area contributed by atoms with Crippen LogP contribution in [0.4, 0.5) is 11.6 Å². The molecule has 1 atom stereocenters. The number of aromatic nitrogens is 4. The van der Waals surface area contributed by atoms with Crippen molar-refractivity contribution in [1.29, 1.82) is 0 Å². The molecule has 1 aliphatic carbocycles. The molecule has 0 fully saturated rings. The Bertz CT molecular complexity index is 1270. The number of rotatable bonds is 9. The van der Waals surface area contributed by atoms with Crippen LogP contribution in [0.1, 0.15) is 42.7 Å². The summed E-state index contributed by atoms with van der Waals surface area (Å²) in [5, 5.41) is 6.26. The number of pyridine rings is 2. The van der Waals surface area contributed by atoms with Crippen molar-refractivity contribution in [2.24, 2.45) is 5.92 Å². The molecular formula is C28H33N7O. The molecule has 0 radical (unpaired) electrons. The van der Waals surface area contributed by atoms with Crippen molar-refractivity contribution in [3.63, 3.8) is 0 Å². The van der Waals surface area contributed by atoms with Gasteiger partial charge in [0.05, 0.1) is 22.6 Å². The molecule has 186 valence electrons. The number of nitrogens with one attached hydrogen (secondary N) is 2. The van der Waals surface area contributed by atoms with Crippen LogP contribution in [0.3, 0.4) is 0 Å². The first-order valence-corrected chi connectivity index (χ1v) is 12.3. The Morgan fingerprint density at radius 2 is 2.00 bits per heavy atom. The second kappa shape index (κ2) is 11.7. The van der Waals surface area contributed by atoms with E-state index in [0.717, 1.165) is 48.6 Å². The zero-order valence-corrected chi connectivity index (χ0v) is 21.3. The Balaban J connectivity index is 1.44. The molecule has 0 saturated carbocycles. The lowest BCUT2D eigenvalue weighted by Crippen LogP contribution is -2.27. The third kappa shape index (κ3) is 6.40. The summed E-state index contributed by atoms with van der Waals surface area (Å²) < 4.78 is 0. The van der Waals surface area contributed by atoms with E-state index in [4.69, 9.17) is 0 Å². The minimum absolute atomic E-state index is 0.183. The van der Waals surface area contributed by atoms with Crippen LogP contribution in [0, 0.1) is 12.8 Å². The summed E-state index contributed by atoms with van der Waals surface area (Å²) in [4.78, 5) is 32.8. The van der Waals surface area contributed by atoms with Crippen molar-refractivity contribution in [2.45, 2.75) is 33.6 Å². The molecule has 36 heavy (non-hydrogen) atoms. The van der Waals surface area contributed by atoms with E-state index in [2.05, 4.69) is 62.4 Å². The quantitative estimate of drug-likeness (QED) is 0.446. The van der Waals surface area contributed by atoms with Crippen LogP contribution >= 0.6 is 0 Å². The van der Waals surface area contributed by atoms with Crippen LogP contribution in [0.15, 0.2) is 72.5 Å². The number of hydrogen-bond donors (Lipinski definition) is 2. The molecule has 0 aliphatic heterocycles. The van der Waals surface area contributed by atoms with Crippen LogP contribution < -0.4 is 10.6 Å². The summed E-state index contributed by atoms with van der Waals surface area (Å²) in [6.45, 7) is 8.39. The number of aryl methyl sites for hydroxylation is 1. The van der Waals surface area contributed by atoms with Crippen LogP contribution in [0.25, 0.3) is 11.3 Å². The normalized spacial score (nSPS) is 14.1. The average molecular weight is 484 g/mol. The minimum atomic E-state index is -0.183. The van der Waals surface area contributed by atoms with Crippen molar-refractivity contribution in [2.75, 3.05) is 25.5 Å². The number of amides is 1. The number of carbonyl (C=O) groups is 1. The van der Waals surface area contributed by atoms with Gasteiger partial charge in [-0.2, -0.15) is 0 Å². The first kappa shape index (κ1) is 25.2. The minimum Gasteiger partial charge on any atom is -0.326 e. The van der Waals surface area contributed by atoms with Gasteiger partial charge in [0.2, 0.25) is 5.95 Å². The van der Waals surface area contributed by atoms with Crippen molar-refractivity contribution < 1.29 is 4.79 Å². The standard InChI is InChI=1S/C28H33N7O/c1-5-35(4)18-19(2)21-8-10-24(11-9-21)32-27(36)23-15-26(20(3)31-17-23)34-28-30-14-12-25(33-28)22-7-6-13-29-16-22/h6-8,10,12-17,19H,5,9,11,18H2,1-4H3,(H,32,36)(H,30,33,34). The number of anilines is 2. The van der Waals surface area contributed by atoms with E-state index >= 15 is 0 Å². The zero-order valence-electron chi connectivity index (χ0n) is 21.3. The Morgan fingerprint density at radius 1 is 1.14 bits per heavy atom. The molecule has 1 amide bonds. The highest BCUT2D eigenvalue weighted by Gasteiger charge is 2.17. The predicted molar refractivity (Wildman–Crippen MR) is 143 cm³/mol. The van der Waals surface area contributed by atoms with E-state index in [-0.39, 0.29) is 5.91 Å². The Morgan fingerprint density at radius 3 is 2.72 bits per heavy atom. The van der Waals surface area contributed by atoms with Gasteiger partial charge in [0.25, 0.3) is 5.91 Å². The Hall–Kier alpha value is -3.91. The second-order valence-electron chi connectivity index (χ2n) is 9.13. The van der Waals surface area contributed by atoms with E-state index in [9.17, 15) is 4.79 Å². The molecule has 8 nitrogen and oxygen atoms in total. The van der Waals surface area contributed by atoms with Crippen molar-refractivity contribution in [3.05, 3.63) is 83.7 Å². The summed E-state index contributed by atoms with van der Waals surface area (Å²) in [6.07, 6.45) is 12.7. The topological polar surface area (TPSA) is 95.9 Å². The van der Waals surface area contributed by atoms with Crippen LogP contribution in [0.2, 0.25) is 0 Å². The largest absolute Gasteiger partial charge is 0.326 e. The van der Waals surface area contributed by atoms with Crippen molar-refractivity contribution in [1.82, 2.24) is 30.2 Å². The summed E-state index contributed by atoms with van der Waals surface area (Å²) in [5.74, 6) is 0.740. The van der Waals surface area contributed by atoms with E-state index in [1.165, 1.54) is 5.57 Å². The maximum Gasteiger partial charge on any atom is 0.257 e. The van der Waals surface area contributed by atoms with Gasteiger partial charge >= 0.3 is 0 Å². The maximum atomic E-state index is 13.0. The van der Waals surface area contributed by atoms with E-state index in [0.29, 0.717) is 23.1 Å². The summed E-state index contributed by atoms with van der Waals surface area (Å²) >= 11 is 0. The molecule has 4 rings (SSSR count). The van der Waals surface area contributed by atoms with Crippen molar-refractivity contribution in [3.8, 4) is 11.3 Å². The lowest BCUT2D eigenvalue weighted by Gasteiger charge is -2.24. The van der Waals surface area contributed by atoms with Gasteiger partial charge in [-0.3, -0.25) is 14.8 Å². The molecular weight excluding hydrogens is 450 g/mol. The maximum absolute atomic E-state index is 13.0. The molecule has 3 heterocycles. The molecule has 1 aliphatic rings. The van der Waals surface area contributed by atoms with Gasteiger partial charge in [0.1, 0.15) is 0 Å². The second-order valence-corrected chi connectivity index (χ2v) is 9.13. The highest BCUT2D eigenvalue weighted by Crippen LogP contribution is 2.25. The molecule has 3 aromatic heterocycles. The first-order valence-electron chi connectivity index (χ1n) is 12.3. The van der Waals surface area contributed by atoms with E-state index < -0.39 is 0 Å². The van der Waals surface area contributed by atoms with Crippen molar-refractivity contribution >= 4 is 17.5 Å².